The fourth-order valence-corrected chi connectivity index (χ4v) is 7.80. The Morgan fingerprint density at radius 1 is 1.15 bits per heavy atom. The molecule has 1 N–H and O–H groups in total. The molecule has 0 aromatic rings. The van der Waals surface area contributed by atoms with Gasteiger partial charge in [0, 0.05) is 17.8 Å². The Hall–Kier alpha value is -1.80. The van der Waals surface area contributed by atoms with E-state index in [9.17, 15) is 19.5 Å². The van der Waals surface area contributed by atoms with E-state index >= 15 is 0 Å². The number of thioether (sulfide) groups is 1. The summed E-state index contributed by atoms with van der Waals surface area (Å²) in [5.41, 5.74) is 0. The quantitative estimate of drug-likeness (QED) is 0.495. The fraction of sp³-hybridized carbons (Fsp3) is 0.720. The van der Waals surface area contributed by atoms with Gasteiger partial charge in [-0.25, -0.2) is 0 Å². The van der Waals surface area contributed by atoms with Crippen LogP contribution in [0.4, 0.5) is 0 Å². The van der Waals surface area contributed by atoms with Crippen LogP contribution in [-0.2, 0) is 19.1 Å². The van der Waals surface area contributed by atoms with Crippen LogP contribution in [0.2, 0.25) is 0 Å². The molecule has 0 aliphatic carbocycles. The molecule has 0 radical (unpaired) electrons. The van der Waals surface area contributed by atoms with Crippen LogP contribution >= 0.6 is 11.8 Å². The number of hydrogen-bond donors (Lipinski definition) is 1. The van der Waals surface area contributed by atoms with Gasteiger partial charge in [-0.05, 0) is 39.0 Å². The SMILES string of the molecule is CC(C)[C@H](CO)N1C(=O)[C@@H]2[C@@H]3C(=O)OCCCC/C=C\[C@@H]3S[C@@]23C=CCN(C(C)C)C(=O)C13. The summed E-state index contributed by atoms with van der Waals surface area (Å²) in [5, 5.41) is 10.0. The number of hydrogen-bond acceptors (Lipinski definition) is 6. The lowest BCUT2D eigenvalue weighted by molar-refractivity contribution is -0.154. The molecule has 1 spiro atoms. The minimum absolute atomic E-state index is 0.0307. The van der Waals surface area contributed by atoms with Gasteiger partial charge in [0.25, 0.3) is 0 Å². The molecule has 0 aromatic carbocycles. The zero-order valence-corrected chi connectivity index (χ0v) is 20.8. The normalized spacial score (nSPS) is 36.4. The van der Waals surface area contributed by atoms with Crippen molar-refractivity contribution in [3.8, 4) is 0 Å². The van der Waals surface area contributed by atoms with Gasteiger partial charge in [0.15, 0.2) is 0 Å². The van der Waals surface area contributed by atoms with Gasteiger partial charge in [0.2, 0.25) is 11.8 Å². The maximum atomic E-state index is 14.1. The molecule has 1 unspecified atom stereocenters. The number of likely N-dealkylation sites (tertiary alicyclic amines) is 1. The first-order valence-electron chi connectivity index (χ1n) is 12.2. The third kappa shape index (κ3) is 3.93. The van der Waals surface area contributed by atoms with Crippen molar-refractivity contribution >= 4 is 29.5 Å². The van der Waals surface area contributed by atoms with Crippen molar-refractivity contribution in [1.29, 1.82) is 0 Å². The van der Waals surface area contributed by atoms with Gasteiger partial charge in [-0.15, -0.1) is 11.8 Å². The van der Waals surface area contributed by atoms with Crippen LogP contribution in [0.25, 0.3) is 0 Å². The Morgan fingerprint density at radius 3 is 2.58 bits per heavy atom. The van der Waals surface area contributed by atoms with Crippen LogP contribution < -0.4 is 0 Å². The molecule has 4 aliphatic rings. The van der Waals surface area contributed by atoms with Crippen LogP contribution in [0.3, 0.4) is 0 Å². The number of allylic oxidation sites excluding steroid dienone is 1. The molecule has 2 saturated heterocycles. The van der Waals surface area contributed by atoms with Crippen molar-refractivity contribution in [1.82, 2.24) is 9.80 Å². The molecule has 33 heavy (non-hydrogen) atoms. The predicted octanol–water partition coefficient (Wildman–Crippen LogP) is 2.39. The maximum Gasteiger partial charge on any atom is 0.311 e. The minimum atomic E-state index is -0.868. The van der Waals surface area contributed by atoms with E-state index < -0.39 is 28.7 Å². The Balaban J connectivity index is 1.87. The van der Waals surface area contributed by atoms with E-state index in [1.807, 2.05) is 45.9 Å². The van der Waals surface area contributed by atoms with E-state index in [0.29, 0.717) is 13.2 Å². The number of ether oxygens (including phenoxy) is 1. The van der Waals surface area contributed by atoms with Gasteiger partial charge < -0.3 is 19.6 Å². The van der Waals surface area contributed by atoms with E-state index in [-0.39, 0.29) is 41.6 Å². The molecule has 8 heteroatoms. The first-order chi connectivity index (χ1) is 15.7. The number of carbonyl (C=O) groups is 3. The Morgan fingerprint density at radius 2 is 1.91 bits per heavy atom. The molecule has 7 nitrogen and oxygen atoms in total. The highest BCUT2D eigenvalue weighted by Gasteiger charge is 2.71. The molecule has 4 heterocycles. The van der Waals surface area contributed by atoms with E-state index in [4.69, 9.17) is 4.74 Å². The third-order valence-corrected chi connectivity index (χ3v) is 9.25. The molecule has 0 saturated carbocycles. The van der Waals surface area contributed by atoms with Gasteiger partial charge in [-0.2, -0.15) is 0 Å². The molecule has 4 aliphatic heterocycles. The van der Waals surface area contributed by atoms with E-state index in [2.05, 4.69) is 6.08 Å². The van der Waals surface area contributed by atoms with E-state index in [1.54, 1.807) is 21.6 Å². The van der Waals surface area contributed by atoms with Crippen molar-refractivity contribution in [2.45, 2.75) is 75.1 Å². The number of fused-ring (bicyclic) bond motifs is 2. The summed E-state index contributed by atoms with van der Waals surface area (Å²) in [4.78, 5) is 44.8. The smallest absolute Gasteiger partial charge is 0.311 e. The van der Waals surface area contributed by atoms with Gasteiger partial charge in [0.1, 0.15) is 6.04 Å². The van der Waals surface area contributed by atoms with Crippen LogP contribution in [0, 0.1) is 17.8 Å². The predicted molar refractivity (Wildman–Crippen MR) is 127 cm³/mol. The Labute approximate surface area is 200 Å². The molecule has 6 atom stereocenters. The summed E-state index contributed by atoms with van der Waals surface area (Å²) in [6.07, 6.45) is 10.8. The second kappa shape index (κ2) is 9.45. The number of rotatable bonds is 4. The van der Waals surface area contributed by atoms with Crippen molar-refractivity contribution in [3.63, 3.8) is 0 Å². The van der Waals surface area contributed by atoms with Gasteiger partial charge in [-0.3, -0.25) is 14.4 Å². The molecule has 182 valence electrons. The van der Waals surface area contributed by atoms with Crippen LogP contribution in [0.1, 0.15) is 47.0 Å². The summed E-state index contributed by atoms with van der Waals surface area (Å²) >= 11 is 1.55. The largest absolute Gasteiger partial charge is 0.465 e. The summed E-state index contributed by atoms with van der Waals surface area (Å²) in [7, 11) is 0. The number of carbonyl (C=O) groups excluding carboxylic acids is 3. The van der Waals surface area contributed by atoms with Crippen LogP contribution in [0.15, 0.2) is 24.3 Å². The molecule has 4 rings (SSSR count). The number of amides is 2. The number of aliphatic hydroxyl groups is 1. The maximum absolute atomic E-state index is 14.1. The fourth-order valence-electron chi connectivity index (χ4n) is 5.82. The van der Waals surface area contributed by atoms with Gasteiger partial charge in [0.05, 0.1) is 35.8 Å². The van der Waals surface area contributed by atoms with Crippen molar-refractivity contribution in [2.75, 3.05) is 19.8 Å². The lowest BCUT2D eigenvalue weighted by Crippen LogP contribution is -2.58. The van der Waals surface area contributed by atoms with Crippen LogP contribution in [-0.4, -0.2) is 80.6 Å². The number of nitrogens with zero attached hydrogens (tertiary/aromatic N) is 2. The highest BCUT2D eigenvalue weighted by molar-refractivity contribution is 8.02. The number of esters is 1. The summed E-state index contributed by atoms with van der Waals surface area (Å²) in [5.74, 6) is -2.09. The average Bonchev–Trinajstić information content (AvgIpc) is 3.14. The number of cyclic esters (lactones) is 1. The summed E-state index contributed by atoms with van der Waals surface area (Å²) < 4.78 is 4.76. The molecular weight excluding hydrogens is 440 g/mol. The minimum Gasteiger partial charge on any atom is -0.465 e. The first kappa shape index (κ1) is 24.3. The first-order valence-corrected chi connectivity index (χ1v) is 13.0. The lowest BCUT2D eigenvalue weighted by atomic mass is 9.78. The van der Waals surface area contributed by atoms with Gasteiger partial charge in [-0.1, -0.05) is 38.2 Å². The zero-order valence-electron chi connectivity index (χ0n) is 20.0. The monoisotopic (exact) mass is 476 g/mol. The molecule has 2 fully saturated rings. The summed E-state index contributed by atoms with van der Waals surface area (Å²) in [6, 6.07) is -1.30. The summed E-state index contributed by atoms with van der Waals surface area (Å²) in [6.45, 7) is 8.41. The number of aliphatic hydroxyl groups excluding tert-OH is 1. The van der Waals surface area contributed by atoms with Crippen molar-refractivity contribution in [3.05, 3.63) is 24.3 Å². The molecular formula is C25H36N2O5S. The van der Waals surface area contributed by atoms with Gasteiger partial charge >= 0.3 is 5.97 Å². The zero-order chi connectivity index (χ0) is 23.9. The Kier molecular flexibility index (Phi) is 6.97. The second-order valence-electron chi connectivity index (χ2n) is 10.2. The highest BCUT2D eigenvalue weighted by atomic mass is 32.2. The molecule has 2 amide bonds. The molecule has 0 aromatic heterocycles. The third-order valence-electron chi connectivity index (χ3n) is 7.51. The van der Waals surface area contributed by atoms with Crippen LogP contribution in [0.5, 0.6) is 0 Å². The molecule has 0 bridgehead atoms. The van der Waals surface area contributed by atoms with Crippen molar-refractivity contribution < 1.29 is 24.2 Å². The van der Waals surface area contributed by atoms with E-state index in [1.165, 1.54) is 0 Å². The topological polar surface area (TPSA) is 87.2 Å². The standard InChI is InChI=1S/C25H36N2O5S/c1-15(2)17(14-28)27-21-23(30)26(16(3)4)12-9-11-25(21)20(22(27)29)19-18(33-25)10-7-5-6-8-13-32-24(19)31/h7,9-11,15-21,28H,5-6,8,12-14H2,1-4H3/b10-7-/t17-,18-,19+,20-,21?,25-/m0/s1. The highest BCUT2D eigenvalue weighted by Crippen LogP contribution is 2.61. The van der Waals surface area contributed by atoms with E-state index in [0.717, 1.165) is 19.3 Å². The second-order valence-corrected chi connectivity index (χ2v) is 11.6. The lowest BCUT2D eigenvalue weighted by Gasteiger charge is -2.40. The average molecular weight is 477 g/mol. The van der Waals surface area contributed by atoms with Crippen molar-refractivity contribution in [2.24, 2.45) is 17.8 Å². The Bertz CT molecular complexity index is 856.